The highest BCUT2D eigenvalue weighted by molar-refractivity contribution is 7.85. The number of hydrogen-bond acceptors (Lipinski definition) is 9. The van der Waals surface area contributed by atoms with Gasteiger partial charge in [-0.15, -0.1) is 0 Å². The average Bonchev–Trinajstić information content (AvgIpc) is 3.23. The van der Waals surface area contributed by atoms with Crippen LogP contribution in [-0.2, 0) is 38.7 Å². The molecular formula is C27H35FO10S. The highest BCUT2D eigenvalue weighted by Gasteiger charge is 2.80. The molecule has 4 aliphatic carbocycles. The summed E-state index contributed by atoms with van der Waals surface area (Å²) in [6, 6.07) is 0. The van der Waals surface area contributed by atoms with Crippen molar-refractivity contribution in [1.29, 1.82) is 0 Å². The predicted molar refractivity (Wildman–Crippen MR) is 134 cm³/mol. The van der Waals surface area contributed by atoms with E-state index in [2.05, 4.69) is 0 Å². The zero-order chi connectivity index (χ0) is 28.8. The van der Waals surface area contributed by atoms with E-state index in [4.69, 9.17) is 18.8 Å². The van der Waals surface area contributed by atoms with Gasteiger partial charge in [-0.25, -0.2) is 4.39 Å². The van der Waals surface area contributed by atoms with E-state index in [9.17, 15) is 27.9 Å². The molecule has 12 heteroatoms. The molecule has 0 spiro atoms. The van der Waals surface area contributed by atoms with E-state index in [0.717, 1.165) is 0 Å². The second kappa shape index (κ2) is 8.75. The summed E-state index contributed by atoms with van der Waals surface area (Å²) in [4.78, 5) is 38.1. The maximum absolute atomic E-state index is 17.4. The molecule has 2 N–H and O–H groups in total. The molecule has 1 saturated heterocycles. The van der Waals surface area contributed by atoms with Crippen molar-refractivity contribution in [2.75, 3.05) is 12.4 Å². The number of hydrogen-bond donors (Lipinski definition) is 2. The third-order valence-electron chi connectivity index (χ3n) is 9.98. The molecule has 0 amide bonds. The number of ether oxygens (including phenoxy) is 3. The molecule has 216 valence electrons. The molecule has 4 fully saturated rings. The van der Waals surface area contributed by atoms with Crippen LogP contribution in [0.2, 0.25) is 0 Å². The first-order chi connectivity index (χ1) is 17.9. The van der Waals surface area contributed by atoms with Crippen LogP contribution in [0.1, 0.15) is 59.8 Å². The molecule has 0 bridgehead atoms. The van der Waals surface area contributed by atoms with Crippen LogP contribution in [-0.4, -0.2) is 77.2 Å². The molecule has 0 aromatic carbocycles. The van der Waals surface area contributed by atoms with E-state index in [-0.39, 0.29) is 18.6 Å². The fraction of sp³-hybridized carbons (Fsp3) is 0.741. The van der Waals surface area contributed by atoms with Crippen molar-refractivity contribution in [3.63, 3.8) is 0 Å². The molecule has 0 aromatic heterocycles. The van der Waals surface area contributed by atoms with Crippen molar-refractivity contribution >= 4 is 27.7 Å². The Morgan fingerprint density at radius 3 is 2.56 bits per heavy atom. The number of aliphatic hydroxyl groups is 1. The van der Waals surface area contributed by atoms with E-state index in [1.54, 1.807) is 33.8 Å². The van der Waals surface area contributed by atoms with Gasteiger partial charge in [-0.2, -0.15) is 8.42 Å². The van der Waals surface area contributed by atoms with E-state index < -0.39 is 92.6 Å². The SMILES string of the molecule is CC1(C)OC2C[C@H]3[C@@H]4CCC5=CC(=O)C=C[C@]5(C)[C@@]4(F)[C@@H](O)C[C@]3(C)[C@]2(C(=O)COC(=O)CCS(=O)(=O)O)O1. The summed E-state index contributed by atoms with van der Waals surface area (Å²) in [7, 11) is -4.39. The van der Waals surface area contributed by atoms with Gasteiger partial charge >= 0.3 is 5.97 Å². The summed E-state index contributed by atoms with van der Waals surface area (Å²) in [5.41, 5.74) is -5.38. The highest BCUT2D eigenvalue weighted by Crippen LogP contribution is 2.72. The lowest BCUT2D eigenvalue weighted by molar-refractivity contribution is -0.246. The molecule has 5 aliphatic rings. The Morgan fingerprint density at radius 2 is 1.90 bits per heavy atom. The zero-order valence-electron chi connectivity index (χ0n) is 22.4. The number of carbonyl (C=O) groups excluding carboxylic acids is 3. The van der Waals surface area contributed by atoms with Crippen molar-refractivity contribution < 1.29 is 51.1 Å². The first-order valence-electron chi connectivity index (χ1n) is 13.2. The smallest absolute Gasteiger partial charge is 0.307 e. The number of halogens is 1. The fourth-order valence-electron chi connectivity index (χ4n) is 8.35. The molecule has 8 atom stereocenters. The van der Waals surface area contributed by atoms with Crippen molar-refractivity contribution in [2.45, 2.75) is 89.1 Å². The van der Waals surface area contributed by atoms with Gasteiger partial charge in [0.05, 0.1) is 24.4 Å². The normalized spacial score (nSPS) is 44.1. The van der Waals surface area contributed by atoms with Crippen LogP contribution in [0.5, 0.6) is 0 Å². The second-order valence-corrected chi connectivity index (χ2v) is 14.0. The zero-order valence-corrected chi connectivity index (χ0v) is 23.3. The van der Waals surface area contributed by atoms with Crippen LogP contribution in [0.25, 0.3) is 0 Å². The summed E-state index contributed by atoms with van der Waals surface area (Å²) in [5, 5.41) is 11.6. The lowest BCUT2D eigenvalue weighted by Gasteiger charge is -2.62. The van der Waals surface area contributed by atoms with Gasteiger partial charge in [-0.05, 0) is 64.5 Å². The van der Waals surface area contributed by atoms with Crippen LogP contribution in [0.15, 0.2) is 23.8 Å². The van der Waals surface area contributed by atoms with Gasteiger partial charge in [0.15, 0.2) is 29.4 Å². The monoisotopic (exact) mass is 570 g/mol. The Kier molecular flexibility index (Phi) is 6.40. The number of ketones is 2. The number of fused-ring (bicyclic) bond motifs is 7. The Balaban J connectivity index is 1.48. The van der Waals surface area contributed by atoms with Crippen LogP contribution >= 0.6 is 0 Å². The maximum Gasteiger partial charge on any atom is 0.307 e. The number of carbonyl (C=O) groups is 3. The number of alkyl halides is 1. The standard InChI is InChI=1S/C27H35FO10S/c1-23(2)37-21-12-18-17-6-5-15-11-16(29)7-9-24(15,3)26(17,28)19(30)13-25(18,4)27(21,38-23)20(31)14-36-22(32)8-10-39(33,34)35/h7,9,11,17-19,21,30H,5-6,8,10,12-14H2,1-4H3,(H,33,34,35)/t17-,18-,19-,21?,24-,25-,26-,27+/m0/s1. The molecule has 1 heterocycles. The molecule has 0 aromatic rings. The van der Waals surface area contributed by atoms with Crippen LogP contribution < -0.4 is 0 Å². The minimum atomic E-state index is -4.39. The molecule has 10 nitrogen and oxygen atoms in total. The largest absolute Gasteiger partial charge is 0.458 e. The molecule has 3 saturated carbocycles. The lowest BCUT2D eigenvalue weighted by atomic mass is 9.44. The quantitative estimate of drug-likeness (QED) is 0.359. The first kappa shape index (κ1) is 28.5. The van der Waals surface area contributed by atoms with Crippen LogP contribution in [0.4, 0.5) is 4.39 Å². The highest BCUT2D eigenvalue weighted by atomic mass is 32.2. The molecule has 1 aliphatic heterocycles. The summed E-state index contributed by atoms with van der Waals surface area (Å²) in [5.74, 6) is -4.95. The van der Waals surface area contributed by atoms with Crippen molar-refractivity contribution in [3.05, 3.63) is 23.8 Å². The Bertz CT molecular complexity index is 1290. The minimum Gasteiger partial charge on any atom is -0.458 e. The number of esters is 1. The van der Waals surface area contributed by atoms with E-state index in [1.165, 1.54) is 12.2 Å². The molecule has 39 heavy (non-hydrogen) atoms. The van der Waals surface area contributed by atoms with Gasteiger partial charge < -0.3 is 19.3 Å². The Labute approximate surface area is 226 Å². The third-order valence-corrected chi connectivity index (χ3v) is 10.7. The van der Waals surface area contributed by atoms with E-state index >= 15 is 4.39 Å². The second-order valence-electron chi connectivity index (χ2n) is 12.5. The van der Waals surface area contributed by atoms with Gasteiger partial charge in [0.25, 0.3) is 10.1 Å². The number of Topliss-reactive ketones (excluding diaryl/α,β-unsaturated/α-hetero) is 1. The van der Waals surface area contributed by atoms with Gasteiger partial charge in [-0.3, -0.25) is 18.9 Å². The van der Waals surface area contributed by atoms with Crippen molar-refractivity contribution in [1.82, 2.24) is 0 Å². The molecular weight excluding hydrogens is 535 g/mol. The number of allylic oxidation sites excluding steroid dienone is 4. The average molecular weight is 571 g/mol. The number of rotatable bonds is 6. The Hall–Kier alpha value is -1.99. The Morgan fingerprint density at radius 1 is 1.21 bits per heavy atom. The molecule has 0 radical (unpaired) electrons. The summed E-state index contributed by atoms with van der Waals surface area (Å²) in [6.45, 7) is 6.06. The first-order valence-corrected chi connectivity index (χ1v) is 14.8. The van der Waals surface area contributed by atoms with Gasteiger partial charge in [0.1, 0.15) is 0 Å². The maximum atomic E-state index is 17.4. The molecule has 1 unspecified atom stereocenters. The summed E-state index contributed by atoms with van der Waals surface area (Å²) >= 11 is 0. The fourth-order valence-corrected chi connectivity index (χ4v) is 8.77. The van der Waals surface area contributed by atoms with Gasteiger partial charge in [0.2, 0.25) is 5.78 Å². The van der Waals surface area contributed by atoms with Crippen molar-refractivity contribution in [2.24, 2.45) is 22.7 Å². The van der Waals surface area contributed by atoms with Gasteiger partial charge in [-0.1, -0.05) is 18.6 Å². The predicted octanol–water partition coefficient (Wildman–Crippen LogP) is 2.25. The minimum absolute atomic E-state index is 0.131. The third kappa shape index (κ3) is 4.00. The van der Waals surface area contributed by atoms with Crippen LogP contribution in [0.3, 0.4) is 0 Å². The summed E-state index contributed by atoms with van der Waals surface area (Å²) in [6.07, 6.45) is 2.40. The van der Waals surface area contributed by atoms with Crippen molar-refractivity contribution in [3.8, 4) is 0 Å². The molecule has 5 rings (SSSR count). The van der Waals surface area contributed by atoms with E-state index in [0.29, 0.717) is 18.4 Å². The lowest BCUT2D eigenvalue weighted by Crippen LogP contribution is -2.70. The number of aliphatic hydroxyl groups excluding tert-OH is 1. The van der Waals surface area contributed by atoms with E-state index in [1.807, 2.05) is 0 Å². The van der Waals surface area contributed by atoms with Crippen LogP contribution in [0, 0.1) is 22.7 Å². The van der Waals surface area contributed by atoms with Gasteiger partial charge in [0, 0.05) is 16.7 Å². The topological polar surface area (TPSA) is 153 Å². The summed E-state index contributed by atoms with van der Waals surface area (Å²) < 4.78 is 65.8.